The molecule has 1 unspecified atom stereocenters. The Morgan fingerprint density at radius 3 is 2.41 bits per heavy atom. The van der Waals surface area contributed by atoms with E-state index in [2.05, 4.69) is 10.1 Å². The number of carbonyl (C=O) groups excluding carboxylic acids is 2. The molecular weight excluding hydrogens is 228 g/mol. The van der Waals surface area contributed by atoms with Crippen molar-refractivity contribution >= 4 is 17.8 Å². The number of hydrogen-bond donors (Lipinski definition) is 3. The van der Waals surface area contributed by atoms with Crippen LogP contribution in [0.2, 0.25) is 0 Å². The van der Waals surface area contributed by atoms with Crippen LogP contribution >= 0.6 is 0 Å². The molecule has 0 aliphatic rings. The number of methoxy groups -OCH3 is 1. The lowest BCUT2D eigenvalue weighted by Crippen LogP contribution is -2.48. The van der Waals surface area contributed by atoms with E-state index in [0.29, 0.717) is 6.42 Å². The fourth-order valence-electron chi connectivity index (χ4n) is 1.09. The lowest BCUT2D eigenvalue weighted by atomic mass is 10.1. The van der Waals surface area contributed by atoms with Crippen molar-refractivity contribution in [2.24, 2.45) is 5.73 Å². The summed E-state index contributed by atoms with van der Waals surface area (Å²) in [7, 11) is 1.21. The van der Waals surface area contributed by atoms with Gasteiger partial charge in [-0.3, -0.25) is 9.59 Å². The normalized spacial score (nSPS) is 13.6. The summed E-state index contributed by atoms with van der Waals surface area (Å²) in [6.07, 6.45) is 0.314. The summed E-state index contributed by atoms with van der Waals surface area (Å²) < 4.78 is 4.38. The quantitative estimate of drug-likeness (QED) is 0.508. The highest BCUT2D eigenvalue weighted by Gasteiger charge is 2.23. The number of carbonyl (C=O) groups is 3. The number of hydrogen-bond acceptors (Lipinski definition) is 5. The van der Waals surface area contributed by atoms with E-state index >= 15 is 0 Å². The van der Waals surface area contributed by atoms with Gasteiger partial charge in [0.2, 0.25) is 5.91 Å². The van der Waals surface area contributed by atoms with Crippen molar-refractivity contribution in [1.29, 1.82) is 0 Å². The predicted molar refractivity (Wildman–Crippen MR) is 59.1 cm³/mol. The number of carboxylic acid groups (broad SMARTS) is 1. The third-order valence-electron chi connectivity index (χ3n) is 2.26. The van der Waals surface area contributed by atoms with E-state index in [1.54, 1.807) is 6.92 Å². The molecule has 0 heterocycles. The molecule has 0 saturated carbocycles. The summed E-state index contributed by atoms with van der Waals surface area (Å²) in [4.78, 5) is 33.1. The van der Waals surface area contributed by atoms with Crippen LogP contribution in [-0.2, 0) is 19.1 Å². The zero-order valence-electron chi connectivity index (χ0n) is 9.93. The van der Waals surface area contributed by atoms with Crippen LogP contribution in [0.4, 0.5) is 0 Å². The van der Waals surface area contributed by atoms with Gasteiger partial charge in [0.15, 0.2) is 0 Å². The number of ether oxygens (including phenoxy) is 1. The fourth-order valence-corrected chi connectivity index (χ4v) is 1.09. The number of esters is 1. The topological polar surface area (TPSA) is 119 Å². The Hall–Kier alpha value is -1.63. The van der Waals surface area contributed by atoms with E-state index in [4.69, 9.17) is 10.8 Å². The smallest absolute Gasteiger partial charge is 0.326 e. The van der Waals surface area contributed by atoms with Crippen LogP contribution in [0.15, 0.2) is 0 Å². The first-order chi connectivity index (χ1) is 7.92. The van der Waals surface area contributed by atoms with Gasteiger partial charge in [-0.05, 0) is 12.8 Å². The van der Waals surface area contributed by atoms with Crippen molar-refractivity contribution in [2.75, 3.05) is 7.11 Å². The van der Waals surface area contributed by atoms with Crippen LogP contribution < -0.4 is 11.1 Å². The molecule has 7 nitrogen and oxygen atoms in total. The maximum atomic E-state index is 11.4. The van der Waals surface area contributed by atoms with Gasteiger partial charge < -0.3 is 20.9 Å². The monoisotopic (exact) mass is 246 g/mol. The lowest BCUT2D eigenvalue weighted by Gasteiger charge is -2.16. The first-order valence-electron chi connectivity index (χ1n) is 5.27. The number of aliphatic carboxylic acids is 1. The van der Waals surface area contributed by atoms with E-state index < -0.39 is 29.9 Å². The molecule has 7 heteroatoms. The van der Waals surface area contributed by atoms with Crippen LogP contribution in [0.3, 0.4) is 0 Å². The Balaban J connectivity index is 4.30. The van der Waals surface area contributed by atoms with Gasteiger partial charge in [0.1, 0.15) is 6.04 Å². The van der Waals surface area contributed by atoms with Crippen molar-refractivity contribution in [1.82, 2.24) is 5.32 Å². The number of amides is 1. The minimum absolute atomic E-state index is 0.0236. The van der Waals surface area contributed by atoms with E-state index in [1.807, 2.05) is 0 Å². The summed E-state index contributed by atoms with van der Waals surface area (Å²) in [6, 6.07) is -1.87. The third kappa shape index (κ3) is 5.86. The molecule has 98 valence electrons. The van der Waals surface area contributed by atoms with Gasteiger partial charge in [0, 0.05) is 6.42 Å². The lowest BCUT2D eigenvalue weighted by molar-refractivity contribution is -0.144. The molecule has 0 fully saturated rings. The average molecular weight is 246 g/mol. The van der Waals surface area contributed by atoms with E-state index in [0.717, 1.165) is 0 Å². The molecule has 4 N–H and O–H groups in total. The minimum atomic E-state index is -1.20. The highest BCUT2D eigenvalue weighted by atomic mass is 16.5. The van der Waals surface area contributed by atoms with Gasteiger partial charge in [0.25, 0.3) is 0 Å². The molecule has 0 aromatic carbocycles. The molecule has 0 bridgehead atoms. The summed E-state index contributed by atoms with van der Waals surface area (Å²) in [5.74, 6) is -2.26. The van der Waals surface area contributed by atoms with Crippen molar-refractivity contribution in [3.05, 3.63) is 0 Å². The van der Waals surface area contributed by atoms with Crippen molar-refractivity contribution in [3.8, 4) is 0 Å². The van der Waals surface area contributed by atoms with Crippen LogP contribution in [0.25, 0.3) is 0 Å². The van der Waals surface area contributed by atoms with Gasteiger partial charge in [-0.2, -0.15) is 0 Å². The van der Waals surface area contributed by atoms with Gasteiger partial charge >= 0.3 is 11.9 Å². The average Bonchev–Trinajstić information content (AvgIpc) is 2.31. The second kappa shape index (κ2) is 7.61. The van der Waals surface area contributed by atoms with Gasteiger partial charge in [-0.15, -0.1) is 0 Å². The summed E-state index contributed by atoms with van der Waals surface area (Å²) in [6.45, 7) is 1.72. The van der Waals surface area contributed by atoms with E-state index in [9.17, 15) is 14.4 Å². The maximum absolute atomic E-state index is 11.4. The second-order valence-electron chi connectivity index (χ2n) is 3.53. The first kappa shape index (κ1) is 15.4. The maximum Gasteiger partial charge on any atom is 0.326 e. The zero-order valence-corrected chi connectivity index (χ0v) is 9.93. The van der Waals surface area contributed by atoms with E-state index in [1.165, 1.54) is 7.11 Å². The van der Waals surface area contributed by atoms with Gasteiger partial charge in [0.05, 0.1) is 13.2 Å². The second-order valence-corrected chi connectivity index (χ2v) is 3.53. The summed E-state index contributed by atoms with van der Waals surface area (Å²) >= 11 is 0. The standard InChI is InChI=1S/C10H18N2O5/c1-3-6(11)9(14)12-7(10(15)16)4-5-8(13)17-2/h6-7H,3-5,11H2,1-2H3,(H,12,14)(H,15,16)/t6?,7-/m1/s1. The highest BCUT2D eigenvalue weighted by molar-refractivity contribution is 5.87. The molecule has 2 atom stereocenters. The molecule has 0 saturated heterocycles. The molecule has 0 aromatic rings. The van der Waals surface area contributed by atoms with Crippen LogP contribution in [0.5, 0.6) is 0 Å². The van der Waals surface area contributed by atoms with E-state index in [-0.39, 0.29) is 12.8 Å². The minimum Gasteiger partial charge on any atom is -0.480 e. The number of carboxylic acids is 1. The Morgan fingerprint density at radius 1 is 1.41 bits per heavy atom. The van der Waals surface area contributed by atoms with Crippen molar-refractivity contribution in [2.45, 2.75) is 38.3 Å². The first-order valence-corrected chi connectivity index (χ1v) is 5.27. The van der Waals surface area contributed by atoms with Crippen LogP contribution in [-0.4, -0.2) is 42.1 Å². The largest absolute Gasteiger partial charge is 0.480 e. The predicted octanol–water partition coefficient (Wildman–Crippen LogP) is -0.754. The SMILES string of the molecule is CCC(N)C(=O)N[C@H](CCC(=O)OC)C(=O)O. The number of nitrogens with one attached hydrogen (secondary N) is 1. The van der Waals surface area contributed by atoms with Crippen molar-refractivity contribution in [3.63, 3.8) is 0 Å². The third-order valence-corrected chi connectivity index (χ3v) is 2.26. The molecule has 0 aromatic heterocycles. The zero-order chi connectivity index (χ0) is 13.4. The molecule has 0 radical (unpaired) electrons. The molecule has 0 aliphatic heterocycles. The molecule has 0 rings (SSSR count). The molecular formula is C10H18N2O5. The van der Waals surface area contributed by atoms with Gasteiger partial charge in [-0.25, -0.2) is 4.79 Å². The molecule has 17 heavy (non-hydrogen) atoms. The summed E-state index contributed by atoms with van der Waals surface area (Å²) in [5, 5.41) is 11.1. The summed E-state index contributed by atoms with van der Waals surface area (Å²) in [5.41, 5.74) is 5.45. The Morgan fingerprint density at radius 2 is 2.00 bits per heavy atom. The Kier molecular flexibility index (Phi) is 6.88. The van der Waals surface area contributed by atoms with Gasteiger partial charge in [-0.1, -0.05) is 6.92 Å². The molecule has 1 amide bonds. The fraction of sp³-hybridized carbons (Fsp3) is 0.700. The van der Waals surface area contributed by atoms with Crippen LogP contribution in [0.1, 0.15) is 26.2 Å². The Labute approximate surface area is 99.3 Å². The number of rotatable bonds is 7. The van der Waals surface area contributed by atoms with Crippen LogP contribution in [0, 0.1) is 0 Å². The Bertz CT molecular complexity index is 292. The highest BCUT2D eigenvalue weighted by Crippen LogP contribution is 2.00. The molecule has 0 aliphatic carbocycles. The van der Waals surface area contributed by atoms with Crippen molar-refractivity contribution < 1.29 is 24.2 Å². The number of nitrogens with two attached hydrogens (primary N) is 1. The molecule has 0 spiro atoms.